The number of anilines is 2. The molecule has 10 heteroatoms. The molecule has 200 valence electrons. The summed E-state index contributed by atoms with van der Waals surface area (Å²) in [7, 11) is 0. The van der Waals surface area contributed by atoms with Gasteiger partial charge in [0.05, 0.1) is 25.9 Å². The Hall–Kier alpha value is -3.50. The Morgan fingerprint density at radius 2 is 2.05 bits per heavy atom. The summed E-state index contributed by atoms with van der Waals surface area (Å²) in [5, 5.41) is 12.5. The van der Waals surface area contributed by atoms with E-state index in [1.807, 2.05) is 6.92 Å². The number of hydrogen-bond donors (Lipinski definition) is 2. The lowest BCUT2D eigenvalue weighted by atomic mass is 9.81. The van der Waals surface area contributed by atoms with Crippen LogP contribution in [0.2, 0.25) is 0 Å². The van der Waals surface area contributed by atoms with Crippen LogP contribution in [0.1, 0.15) is 34.1 Å². The lowest BCUT2D eigenvalue weighted by Gasteiger charge is -2.48. The average molecular weight is 530 g/mol. The largest absolute Gasteiger partial charge is 0.393 e. The van der Waals surface area contributed by atoms with Crippen molar-refractivity contribution in [3.05, 3.63) is 76.9 Å². The quantitative estimate of drug-likeness (QED) is 0.454. The fraction of sp³-hybridized carbons (Fsp3) is 0.357. The molecule has 2 N–H and O–H groups in total. The molecule has 0 aliphatic carbocycles. The predicted octanol–water partition coefficient (Wildman–Crippen LogP) is 5.02. The molecule has 3 aromatic rings. The van der Waals surface area contributed by atoms with Crippen molar-refractivity contribution in [1.82, 2.24) is 4.98 Å². The first-order valence-corrected chi connectivity index (χ1v) is 12.2. The van der Waals surface area contributed by atoms with Gasteiger partial charge in [-0.2, -0.15) is 8.78 Å². The summed E-state index contributed by atoms with van der Waals surface area (Å²) in [5.41, 5.74) is 0.613. The van der Waals surface area contributed by atoms with E-state index < -0.39 is 41.7 Å². The molecule has 1 aromatic heterocycles. The summed E-state index contributed by atoms with van der Waals surface area (Å²) in [4.78, 5) is 18.2. The molecule has 0 saturated carbocycles. The SMILES string of the molecule is Cc1ccc(NC(=O)c2ccnc(C(C)(F)F)c2)cc1-c1cc(F)c2c(c1)N1CCOC[C@@H]1[C@@](F)(CO)C2. The van der Waals surface area contributed by atoms with Gasteiger partial charge >= 0.3 is 0 Å². The number of halogens is 4. The number of carbonyl (C=O) groups is 1. The number of morpholine rings is 1. The lowest BCUT2D eigenvalue weighted by Crippen LogP contribution is -2.62. The van der Waals surface area contributed by atoms with Gasteiger partial charge in [0.1, 0.15) is 11.5 Å². The summed E-state index contributed by atoms with van der Waals surface area (Å²) in [6, 6.07) is 9.86. The molecule has 5 rings (SSSR count). The number of rotatable bonds is 5. The maximum atomic E-state index is 15.6. The summed E-state index contributed by atoms with van der Waals surface area (Å²) in [6.45, 7) is 2.60. The minimum absolute atomic E-state index is 0.0235. The predicted molar refractivity (Wildman–Crippen MR) is 135 cm³/mol. The van der Waals surface area contributed by atoms with Crippen LogP contribution >= 0.6 is 0 Å². The second kappa shape index (κ2) is 9.67. The van der Waals surface area contributed by atoms with E-state index in [1.54, 1.807) is 29.2 Å². The number of aryl methyl sites for hydroxylation is 1. The third-order valence-electron chi connectivity index (χ3n) is 7.22. The molecular weight excluding hydrogens is 502 g/mol. The summed E-state index contributed by atoms with van der Waals surface area (Å²) in [5.74, 6) is -4.37. The standard InChI is InChI=1S/C28H27F4N3O3/c1-16-3-4-19(34-26(37)17-5-6-33-24(11-17)27(2,30)31)12-20(16)18-9-22(29)21-13-28(32,15-36)25-14-38-8-7-35(25)23(21)10-18/h3-6,9-12,25,36H,7-8,13-15H2,1-2H3,(H,34,37)/t25-,28+/m1/s1. The topological polar surface area (TPSA) is 74.7 Å². The van der Waals surface area contributed by atoms with Crippen molar-refractivity contribution in [2.45, 2.75) is 37.9 Å². The Bertz CT molecular complexity index is 1390. The number of aliphatic hydroxyl groups is 1. The normalized spacial score (nSPS) is 21.0. The number of aliphatic hydroxyl groups excluding tert-OH is 1. The van der Waals surface area contributed by atoms with Crippen molar-refractivity contribution in [2.24, 2.45) is 0 Å². The number of nitrogens with one attached hydrogen (secondary N) is 1. The molecule has 2 aromatic carbocycles. The van der Waals surface area contributed by atoms with Crippen LogP contribution < -0.4 is 10.2 Å². The molecule has 0 bridgehead atoms. The minimum atomic E-state index is -3.19. The molecule has 1 fully saturated rings. The highest BCUT2D eigenvalue weighted by Crippen LogP contribution is 2.43. The van der Waals surface area contributed by atoms with Crippen molar-refractivity contribution >= 4 is 17.3 Å². The third kappa shape index (κ3) is 4.74. The second-order valence-electron chi connectivity index (χ2n) is 9.91. The van der Waals surface area contributed by atoms with Crippen molar-refractivity contribution in [3.8, 4) is 11.1 Å². The van der Waals surface area contributed by atoms with E-state index in [1.165, 1.54) is 12.1 Å². The number of carbonyl (C=O) groups excluding carboxylic acids is 1. The number of pyridine rings is 1. The first kappa shape index (κ1) is 26.1. The molecular formula is C28H27F4N3O3. The van der Waals surface area contributed by atoms with Crippen LogP contribution in [0.25, 0.3) is 11.1 Å². The Kier molecular flexibility index (Phi) is 6.65. The van der Waals surface area contributed by atoms with Gasteiger partial charge in [-0.1, -0.05) is 6.07 Å². The highest BCUT2D eigenvalue weighted by atomic mass is 19.3. The first-order valence-electron chi connectivity index (χ1n) is 12.2. The van der Waals surface area contributed by atoms with E-state index in [-0.39, 0.29) is 24.2 Å². The molecule has 1 amide bonds. The highest BCUT2D eigenvalue weighted by molar-refractivity contribution is 6.04. The van der Waals surface area contributed by atoms with Gasteiger partial charge in [-0.25, -0.2) is 8.78 Å². The van der Waals surface area contributed by atoms with E-state index in [9.17, 15) is 18.7 Å². The van der Waals surface area contributed by atoms with E-state index in [0.29, 0.717) is 42.6 Å². The van der Waals surface area contributed by atoms with Crippen molar-refractivity contribution in [3.63, 3.8) is 0 Å². The van der Waals surface area contributed by atoms with Crippen LogP contribution in [-0.2, 0) is 17.1 Å². The Morgan fingerprint density at radius 3 is 2.79 bits per heavy atom. The zero-order chi connectivity index (χ0) is 27.2. The van der Waals surface area contributed by atoms with Crippen molar-refractivity contribution in [1.29, 1.82) is 0 Å². The maximum absolute atomic E-state index is 15.6. The number of nitrogens with zero attached hydrogens (tertiary/aromatic N) is 2. The molecule has 0 unspecified atom stereocenters. The Labute approximate surface area is 217 Å². The molecule has 0 radical (unpaired) electrons. The number of ether oxygens (including phenoxy) is 1. The Balaban J connectivity index is 1.48. The van der Waals surface area contributed by atoms with Crippen LogP contribution in [0.15, 0.2) is 48.7 Å². The summed E-state index contributed by atoms with van der Waals surface area (Å²) in [6.07, 6.45) is 0.884. The number of alkyl halides is 3. The zero-order valence-electron chi connectivity index (χ0n) is 20.9. The lowest BCUT2D eigenvalue weighted by molar-refractivity contribution is -0.0178. The fourth-order valence-electron chi connectivity index (χ4n) is 5.13. The molecule has 2 atom stereocenters. The number of benzene rings is 2. The van der Waals surface area contributed by atoms with Crippen molar-refractivity contribution in [2.75, 3.05) is 36.6 Å². The summed E-state index contributed by atoms with van der Waals surface area (Å²) < 4.78 is 63.8. The molecule has 6 nitrogen and oxygen atoms in total. The van der Waals surface area contributed by atoms with Crippen LogP contribution in [0.5, 0.6) is 0 Å². The van der Waals surface area contributed by atoms with Crippen LogP contribution in [0.4, 0.5) is 28.9 Å². The van der Waals surface area contributed by atoms with E-state index in [4.69, 9.17) is 4.74 Å². The first-order chi connectivity index (χ1) is 18.0. The average Bonchev–Trinajstić information content (AvgIpc) is 2.90. The molecule has 2 aliphatic rings. The van der Waals surface area contributed by atoms with Crippen molar-refractivity contribution < 1.29 is 32.2 Å². The Morgan fingerprint density at radius 1 is 1.26 bits per heavy atom. The fourth-order valence-corrected chi connectivity index (χ4v) is 5.13. The van der Waals surface area contributed by atoms with Gasteiger partial charge < -0.3 is 20.1 Å². The van der Waals surface area contributed by atoms with Gasteiger partial charge in [0.2, 0.25) is 0 Å². The van der Waals surface area contributed by atoms with Gasteiger partial charge in [-0.05, 0) is 60.0 Å². The molecule has 2 aliphatic heterocycles. The molecule has 1 saturated heterocycles. The smallest absolute Gasteiger partial charge is 0.286 e. The van der Waals surface area contributed by atoms with E-state index >= 15 is 8.78 Å². The molecule has 0 spiro atoms. The summed E-state index contributed by atoms with van der Waals surface area (Å²) >= 11 is 0. The van der Waals surface area contributed by atoms with Gasteiger partial charge in [-0.15, -0.1) is 0 Å². The van der Waals surface area contributed by atoms with Gasteiger partial charge in [0.25, 0.3) is 11.8 Å². The molecule has 38 heavy (non-hydrogen) atoms. The third-order valence-corrected chi connectivity index (χ3v) is 7.22. The number of amides is 1. The highest BCUT2D eigenvalue weighted by Gasteiger charge is 2.49. The number of aromatic nitrogens is 1. The number of fused-ring (bicyclic) bond motifs is 3. The minimum Gasteiger partial charge on any atom is -0.393 e. The zero-order valence-corrected chi connectivity index (χ0v) is 20.9. The van der Waals surface area contributed by atoms with Crippen LogP contribution in [-0.4, -0.2) is 54.1 Å². The van der Waals surface area contributed by atoms with Crippen LogP contribution in [0.3, 0.4) is 0 Å². The van der Waals surface area contributed by atoms with Gasteiger partial charge in [0, 0.05) is 48.6 Å². The van der Waals surface area contributed by atoms with E-state index in [0.717, 1.165) is 17.8 Å². The maximum Gasteiger partial charge on any atom is 0.286 e. The van der Waals surface area contributed by atoms with Crippen LogP contribution in [0, 0.1) is 12.7 Å². The van der Waals surface area contributed by atoms with Gasteiger partial charge in [-0.3, -0.25) is 9.78 Å². The molecule has 3 heterocycles. The van der Waals surface area contributed by atoms with Gasteiger partial charge in [0.15, 0.2) is 5.67 Å². The monoisotopic (exact) mass is 529 g/mol. The second-order valence-corrected chi connectivity index (χ2v) is 9.91. The number of hydrogen-bond acceptors (Lipinski definition) is 5. The van der Waals surface area contributed by atoms with E-state index in [2.05, 4.69) is 10.3 Å².